The Bertz CT molecular complexity index is 587. The number of aromatic nitrogens is 2. The monoisotopic (exact) mass is 463 g/mol. The Balaban J connectivity index is 0.00000312. The van der Waals surface area contributed by atoms with E-state index in [2.05, 4.69) is 22.2 Å². The van der Waals surface area contributed by atoms with Gasteiger partial charge in [-0.3, -0.25) is 14.5 Å². The lowest BCUT2D eigenvalue weighted by Crippen LogP contribution is -2.55. The summed E-state index contributed by atoms with van der Waals surface area (Å²) in [5, 5.41) is 7.44. The molecule has 142 valence electrons. The van der Waals surface area contributed by atoms with E-state index in [1.54, 1.807) is 15.8 Å². The van der Waals surface area contributed by atoms with Crippen LogP contribution >= 0.6 is 24.0 Å². The fourth-order valence-electron chi connectivity index (χ4n) is 2.48. The molecule has 0 aliphatic carbocycles. The number of amides is 1. The topological polar surface area (TPSA) is 69.0 Å². The highest BCUT2D eigenvalue weighted by atomic mass is 127. The number of nitrogens with zero attached hydrogens (tertiary/aromatic N) is 6. The molecule has 0 aromatic carbocycles. The van der Waals surface area contributed by atoms with Gasteiger partial charge in [-0.05, 0) is 27.9 Å². The maximum Gasteiger partial charge on any atom is 0.246 e. The predicted octanol–water partition coefficient (Wildman–Crippen LogP) is 0.602. The van der Waals surface area contributed by atoms with Crippen molar-refractivity contribution < 1.29 is 4.79 Å². The van der Waals surface area contributed by atoms with Gasteiger partial charge >= 0.3 is 0 Å². The van der Waals surface area contributed by atoms with Crippen molar-refractivity contribution in [3.8, 4) is 0 Å². The fourth-order valence-corrected chi connectivity index (χ4v) is 2.48. The zero-order valence-corrected chi connectivity index (χ0v) is 18.1. The summed E-state index contributed by atoms with van der Waals surface area (Å²) in [6.07, 6.45) is 3.59. The van der Waals surface area contributed by atoms with Gasteiger partial charge in [-0.15, -0.1) is 24.0 Å². The zero-order chi connectivity index (χ0) is 17.7. The molecular weight excluding hydrogens is 433 g/mol. The van der Waals surface area contributed by atoms with Gasteiger partial charge in [0.2, 0.25) is 5.91 Å². The van der Waals surface area contributed by atoms with Crippen molar-refractivity contribution in [1.82, 2.24) is 24.9 Å². The first-order chi connectivity index (χ1) is 11.4. The van der Waals surface area contributed by atoms with Gasteiger partial charge in [-0.1, -0.05) is 0 Å². The molecule has 1 aliphatic heterocycles. The molecule has 8 nitrogen and oxygen atoms in total. The Labute approximate surface area is 167 Å². The number of hydrogen-bond acceptors (Lipinski definition) is 4. The summed E-state index contributed by atoms with van der Waals surface area (Å²) in [5.41, 5.74) is 0.852. The second-order valence-electron chi connectivity index (χ2n) is 6.35. The smallest absolute Gasteiger partial charge is 0.246 e. The van der Waals surface area contributed by atoms with E-state index in [-0.39, 0.29) is 29.9 Å². The van der Waals surface area contributed by atoms with Gasteiger partial charge in [0, 0.05) is 38.9 Å². The molecule has 1 N–H and O–H groups in total. The van der Waals surface area contributed by atoms with E-state index in [9.17, 15) is 4.79 Å². The number of halogens is 1. The highest BCUT2D eigenvalue weighted by molar-refractivity contribution is 14.0. The van der Waals surface area contributed by atoms with E-state index in [0.29, 0.717) is 25.7 Å². The number of hydrogen-bond donors (Lipinski definition) is 1. The second kappa shape index (κ2) is 9.95. The SMILES string of the molecule is CCNC(=NCC(C)N(C)C)N1CCN(c2cnn(C)c2)C(=O)C1.I. The molecule has 0 bridgehead atoms. The Morgan fingerprint density at radius 1 is 1.44 bits per heavy atom. The lowest BCUT2D eigenvalue weighted by Gasteiger charge is -2.35. The largest absolute Gasteiger partial charge is 0.357 e. The number of aliphatic imine (C=N–C) groups is 1. The van der Waals surface area contributed by atoms with Crippen LogP contribution in [0.3, 0.4) is 0 Å². The van der Waals surface area contributed by atoms with Crippen LogP contribution in [0.5, 0.6) is 0 Å². The van der Waals surface area contributed by atoms with Gasteiger partial charge in [0.05, 0.1) is 18.4 Å². The maximum absolute atomic E-state index is 12.5. The van der Waals surface area contributed by atoms with Crippen LogP contribution < -0.4 is 10.2 Å². The van der Waals surface area contributed by atoms with E-state index in [1.165, 1.54) is 0 Å². The molecule has 1 unspecified atom stereocenters. The van der Waals surface area contributed by atoms with Gasteiger partial charge < -0.3 is 20.0 Å². The van der Waals surface area contributed by atoms with Gasteiger partial charge in [0.15, 0.2) is 5.96 Å². The molecule has 1 fully saturated rings. The van der Waals surface area contributed by atoms with Crippen LogP contribution in [-0.4, -0.2) is 84.3 Å². The van der Waals surface area contributed by atoms with Gasteiger partial charge in [0.1, 0.15) is 6.54 Å². The summed E-state index contributed by atoms with van der Waals surface area (Å²) < 4.78 is 1.71. The number of likely N-dealkylation sites (N-methyl/N-ethyl adjacent to an activating group) is 1. The van der Waals surface area contributed by atoms with Crippen LogP contribution in [0, 0.1) is 0 Å². The molecule has 2 rings (SSSR count). The van der Waals surface area contributed by atoms with Crippen molar-refractivity contribution in [2.45, 2.75) is 19.9 Å². The number of nitrogens with one attached hydrogen (secondary N) is 1. The number of aryl methyl sites for hydroxylation is 1. The summed E-state index contributed by atoms with van der Waals surface area (Å²) in [7, 11) is 5.94. The Hall–Kier alpha value is -1.36. The van der Waals surface area contributed by atoms with Crippen LogP contribution in [0.25, 0.3) is 0 Å². The number of piperazine rings is 1. The van der Waals surface area contributed by atoms with Gasteiger partial charge in [-0.2, -0.15) is 5.10 Å². The zero-order valence-electron chi connectivity index (χ0n) is 15.8. The van der Waals surface area contributed by atoms with Crippen LogP contribution in [0.2, 0.25) is 0 Å². The fraction of sp³-hybridized carbons (Fsp3) is 0.688. The molecule has 1 aliphatic rings. The number of guanidine groups is 1. The molecule has 1 atom stereocenters. The van der Waals surface area contributed by atoms with Crippen LogP contribution in [0.1, 0.15) is 13.8 Å². The molecule has 0 spiro atoms. The predicted molar refractivity (Wildman–Crippen MR) is 112 cm³/mol. The molecular formula is C16H30IN7O. The molecule has 9 heteroatoms. The normalized spacial score (nSPS) is 16.9. The van der Waals surface area contributed by atoms with E-state index in [4.69, 9.17) is 4.99 Å². The van der Waals surface area contributed by atoms with Crippen molar-refractivity contribution in [3.63, 3.8) is 0 Å². The van der Waals surface area contributed by atoms with Crippen LogP contribution in [0.4, 0.5) is 5.69 Å². The number of carbonyl (C=O) groups excluding carboxylic acids is 1. The molecule has 1 aromatic rings. The van der Waals surface area contributed by atoms with E-state index >= 15 is 0 Å². The van der Waals surface area contributed by atoms with Crippen LogP contribution in [-0.2, 0) is 11.8 Å². The number of rotatable bonds is 5. The van der Waals surface area contributed by atoms with Crippen molar-refractivity contribution in [1.29, 1.82) is 0 Å². The summed E-state index contributed by atoms with van der Waals surface area (Å²) in [4.78, 5) is 23.2. The summed E-state index contributed by atoms with van der Waals surface area (Å²) in [5.74, 6) is 0.880. The third-order valence-corrected chi connectivity index (χ3v) is 4.24. The molecule has 0 saturated carbocycles. The van der Waals surface area contributed by atoms with Crippen molar-refractivity contribution in [2.75, 3.05) is 51.7 Å². The summed E-state index contributed by atoms with van der Waals surface area (Å²) in [6, 6.07) is 0.353. The molecule has 25 heavy (non-hydrogen) atoms. The highest BCUT2D eigenvalue weighted by Crippen LogP contribution is 2.16. The van der Waals surface area contributed by atoms with E-state index < -0.39 is 0 Å². The minimum atomic E-state index is 0. The second-order valence-corrected chi connectivity index (χ2v) is 6.35. The average molecular weight is 463 g/mol. The maximum atomic E-state index is 12.5. The Morgan fingerprint density at radius 2 is 2.16 bits per heavy atom. The number of carbonyl (C=O) groups is 1. The molecule has 1 amide bonds. The third kappa shape index (κ3) is 5.84. The Kier molecular flexibility index (Phi) is 8.63. The van der Waals surface area contributed by atoms with E-state index in [1.807, 2.05) is 39.2 Å². The standard InChI is InChI=1S/C16H29N7O.HI/c1-6-17-16(18-9-13(2)20(3)4)22-7-8-23(15(24)12-22)14-10-19-21(5)11-14;/h10-11,13H,6-9,12H2,1-5H3,(H,17,18);1H. The lowest BCUT2D eigenvalue weighted by atomic mass is 10.3. The summed E-state index contributed by atoms with van der Waals surface area (Å²) in [6.45, 7) is 7.38. The molecule has 2 heterocycles. The minimum absolute atomic E-state index is 0. The summed E-state index contributed by atoms with van der Waals surface area (Å²) >= 11 is 0. The Morgan fingerprint density at radius 3 is 2.68 bits per heavy atom. The molecule has 1 saturated heterocycles. The average Bonchev–Trinajstić information content (AvgIpc) is 2.97. The lowest BCUT2D eigenvalue weighted by molar-refractivity contribution is -0.120. The first-order valence-electron chi connectivity index (χ1n) is 8.41. The third-order valence-electron chi connectivity index (χ3n) is 4.24. The molecule has 1 aromatic heterocycles. The van der Waals surface area contributed by atoms with Crippen LogP contribution in [0.15, 0.2) is 17.4 Å². The first-order valence-corrected chi connectivity index (χ1v) is 8.41. The van der Waals surface area contributed by atoms with Crippen molar-refractivity contribution in [2.24, 2.45) is 12.0 Å². The quantitative estimate of drug-likeness (QED) is 0.394. The van der Waals surface area contributed by atoms with Gasteiger partial charge in [0.25, 0.3) is 0 Å². The van der Waals surface area contributed by atoms with Crippen molar-refractivity contribution >= 4 is 41.5 Å². The minimum Gasteiger partial charge on any atom is -0.357 e. The molecule has 0 radical (unpaired) electrons. The first kappa shape index (κ1) is 21.7. The van der Waals surface area contributed by atoms with Crippen molar-refractivity contribution in [3.05, 3.63) is 12.4 Å². The number of anilines is 1. The highest BCUT2D eigenvalue weighted by Gasteiger charge is 2.27. The van der Waals surface area contributed by atoms with Gasteiger partial charge in [-0.25, -0.2) is 0 Å². The van der Waals surface area contributed by atoms with E-state index in [0.717, 1.165) is 24.7 Å².